The number of aromatic nitrogens is 2. The molecule has 1 aromatic heterocycles. The summed E-state index contributed by atoms with van der Waals surface area (Å²) >= 11 is 0. The third kappa shape index (κ3) is 4.23. The van der Waals surface area contributed by atoms with E-state index in [4.69, 9.17) is 9.47 Å². The van der Waals surface area contributed by atoms with Crippen LogP contribution < -0.4 is 15.0 Å². The number of aromatic amines is 1. The van der Waals surface area contributed by atoms with Crippen LogP contribution in [0.15, 0.2) is 41.2 Å². The lowest BCUT2D eigenvalue weighted by Gasteiger charge is -2.20. The number of ether oxygens (including phenoxy) is 2. The molecule has 7 nitrogen and oxygen atoms in total. The molecule has 2 aromatic carbocycles. The summed E-state index contributed by atoms with van der Waals surface area (Å²) in [6.45, 7) is 4.65. The van der Waals surface area contributed by atoms with Gasteiger partial charge in [-0.3, -0.25) is 9.59 Å². The highest BCUT2D eigenvalue weighted by Gasteiger charge is 2.17. The summed E-state index contributed by atoms with van der Waals surface area (Å²) in [5.41, 5.74) is 1.98. The molecule has 1 N–H and O–H groups in total. The largest absolute Gasteiger partial charge is 0.493 e. The molecule has 1 heterocycles. The summed E-state index contributed by atoms with van der Waals surface area (Å²) in [4.78, 5) is 34.4. The second-order valence-corrected chi connectivity index (χ2v) is 6.61. The highest BCUT2D eigenvalue weighted by atomic mass is 16.5. The van der Waals surface area contributed by atoms with Crippen molar-refractivity contribution in [2.45, 2.75) is 26.8 Å². The lowest BCUT2D eigenvalue weighted by atomic mass is 10.1. The fourth-order valence-electron chi connectivity index (χ4n) is 3.16. The van der Waals surface area contributed by atoms with Crippen LogP contribution in [0.25, 0.3) is 10.9 Å². The monoisotopic (exact) mass is 395 g/mol. The number of rotatable bonds is 7. The van der Waals surface area contributed by atoms with Crippen molar-refractivity contribution in [3.05, 3.63) is 63.7 Å². The van der Waals surface area contributed by atoms with Gasteiger partial charge in [-0.15, -0.1) is 0 Å². The molecule has 3 rings (SSSR count). The number of hydrogen-bond acceptors (Lipinski definition) is 5. The Morgan fingerprint density at radius 1 is 1.07 bits per heavy atom. The Morgan fingerprint density at radius 3 is 2.31 bits per heavy atom. The molecule has 0 atom stereocenters. The Balaban J connectivity index is 1.92. The maximum atomic E-state index is 12.9. The average molecular weight is 395 g/mol. The molecular formula is C22H25N3O4. The van der Waals surface area contributed by atoms with Crippen LogP contribution in [0.3, 0.4) is 0 Å². The summed E-state index contributed by atoms with van der Waals surface area (Å²) < 4.78 is 10.5. The summed E-state index contributed by atoms with van der Waals surface area (Å²) in [6.07, 6.45) is 0.919. The van der Waals surface area contributed by atoms with E-state index in [2.05, 4.69) is 16.9 Å². The molecule has 0 aliphatic carbocycles. The zero-order chi connectivity index (χ0) is 21.0. The second-order valence-electron chi connectivity index (χ2n) is 6.61. The van der Waals surface area contributed by atoms with Crippen LogP contribution in [0.5, 0.6) is 11.5 Å². The van der Waals surface area contributed by atoms with Crippen LogP contribution in [0, 0.1) is 0 Å². The average Bonchev–Trinajstić information content (AvgIpc) is 2.76. The second kappa shape index (κ2) is 8.77. The third-order valence-electron chi connectivity index (χ3n) is 4.88. The van der Waals surface area contributed by atoms with Gasteiger partial charge in [-0.05, 0) is 37.1 Å². The number of carbonyl (C=O) groups is 1. The van der Waals surface area contributed by atoms with Gasteiger partial charge in [0.25, 0.3) is 11.5 Å². The first-order chi connectivity index (χ1) is 14.0. The summed E-state index contributed by atoms with van der Waals surface area (Å²) in [5, 5.41) is 0.399. The van der Waals surface area contributed by atoms with E-state index >= 15 is 0 Å². The first-order valence-electron chi connectivity index (χ1n) is 9.53. The van der Waals surface area contributed by atoms with E-state index < -0.39 is 0 Å². The zero-order valence-corrected chi connectivity index (χ0v) is 17.1. The van der Waals surface area contributed by atoms with Crippen LogP contribution in [0.1, 0.15) is 35.6 Å². The quantitative estimate of drug-likeness (QED) is 0.664. The van der Waals surface area contributed by atoms with Crippen molar-refractivity contribution in [2.24, 2.45) is 0 Å². The van der Waals surface area contributed by atoms with Gasteiger partial charge >= 0.3 is 0 Å². The van der Waals surface area contributed by atoms with E-state index in [1.54, 1.807) is 17.0 Å². The van der Waals surface area contributed by atoms with Gasteiger partial charge in [0, 0.05) is 18.2 Å². The van der Waals surface area contributed by atoms with Crippen molar-refractivity contribution in [1.82, 2.24) is 14.9 Å². The molecule has 1 amide bonds. The standard InChI is InChI=1S/C22H25N3O4/c1-5-14-7-9-15(10-8-14)22(27)25(6-2)13-20-23-17-12-19(29-4)18(28-3)11-16(17)21(26)24-20/h7-12H,5-6,13H2,1-4H3,(H,23,24,26). The maximum absolute atomic E-state index is 12.9. The molecule has 0 spiro atoms. The fraction of sp³-hybridized carbons (Fsp3) is 0.318. The van der Waals surface area contributed by atoms with Crippen LogP contribution in [0.2, 0.25) is 0 Å². The van der Waals surface area contributed by atoms with E-state index in [1.807, 2.05) is 31.2 Å². The van der Waals surface area contributed by atoms with Gasteiger partial charge in [0.2, 0.25) is 0 Å². The van der Waals surface area contributed by atoms with Gasteiger partial charge in [-0.1, -0.05) is 19.1 Å². The van der Waals surface area contributed by atoms with E-state index in [0.29, 0.717) is 40.3 Å². The Labute approximate surface area is 169 Å². The molecular weight excluding hydrogens is 370 g/mol. The first-order valence-corrected chi connectivity index (χ1v) is 9.53. The molecule has 7 heteroatoms. The van der Waals surface area contributed by atoms with Gasteiger partial charge in [-0.2, -0.15) is 0 Å². The van der Waals surface area contributed by atoms with Crippen LogP contribution in [0.4, 0.5) is 0 Å². The van der Waals surface area contributed by atoms with Gasteiger partial charge in [-0.25, -0.2) is 4.98 Å². The number of hydrogen-bond donors (Lipinski definition) is 1. The Kier molecular flexibility index (Phi) is 6.16. The number of H-pyrrole nitrogens is 1. The first kappa shape index (κ1) is 20.4. The highest BCUT2D eigenvalue weighted by Crippen LogP contribution is 2.30. The molecule has 3 aromatic rings. The molecule has 0 bridgehead atoms. The van der Waals surface area contributed by atoms with Crippen LogP contribution in [-0.4, -0.2) is 41.5 Å². The predicted octanol–water partition coefficient (Wildman–Crippen LogP) is 3.17. The lowest BCUT2D eigenvalue weighted by Crippen LogP contribution is -2.32. The number of nitrogens with zero attached hydrogens (tertiary/aromatic N) is 2. The van der Waals surface area contributed by atoms with Gasteiger partial charge in [0.1, 0.15) is 5.82 Å². The number of carbonyl (C=O) groups excluding carboxylic acids is 1. The van der Waals surface area contributed by atoms with Crippen molar-refractivity contribution in [3.63, 3.8) is 0 Å². The molecule has 0 unspecified atom stereocenters. The van der Waals surface area contributed by atoms with E-state index in [-0.39, 0.29) is 18.0 Å². The fourth-order valence-corrected chi connectivity index (χ4v) is 3.16. The smallest absolute Gasteiger partial charge is 0.258 e. The lowest BCUT2D eigenvalue weighted by molar-refractivity contribution is 0.0748. The summed E-state index contributed by atoms with van der Waals surface area (Å²) in [5.74, 6) is 1.25. The van der Waals surface area contributed by atoms with Gasteiger partial charge in [0.15, 0.2) is 11.5 Å². The molecule has 0 aliphatic heterocycles. The van der Waals surface area contributed by atoms with Crippen molar-refractivity contribution in [3.8, 4) is 11.5 Å². The number of benzene rings is 2. The van der Waals surface area contributed by atoms with Crippen molar-refractivity contribution in [1.29, 1.82) is 0 Å². The molecule has 0 radical (unpaired) electrons. The van der Waals surface area contributed by atoms with Crippen LogP contribution in [-0.2, 0) is 13.0 Å². The minimum atomic E-state index is -0.290. The summed E-state index contributed by atoms with van der Waals surface area (Å²) in [7, 11) is 3.04. The Hall–Kier alpha value is -3.35. The number of amides is 1. The van der Waals surface area contributed by atoms with Crippen molar-refractivity contribution < 1.29 is 14.3 Å². The molecule has 0 aliphatic rings. The van der Waals surface area contributed by atoms with Gasteiger partial charge in [0.05, 0.1) is 31.7 Å². The number of methoxy groups -OCH3 is 2. The maximum Gasteiger partial charge on any atom is 0.258 e. The number of nitrogens with one attached hydrogen (secondary N) is 1. The topological polar surface area (TPSA) is 84.5 Å². The zero-order valence-electron chi connectivity index (χ0n) is 17.1. The minimum absolute atomic E-state index is 0.106. The third-order valence-corrected chi connectivity index (χ3v) is 4.88. The van der Waals surface area contributed by atoms with E-state index in [1.165, 1.54) is 19.8 Å². The predicted molar refractivity (Wildman–Crippen MR) is 112 cm³/mol. The minimum Gasteiger partial charge on any atom is -0.493 e. The highest BCUT2D eigenvalue weighted by molar-refractivity contribution is 5.94. The van der Waals surface area contributed by atoms with Gasteiger partial charge < -0.3 is 19.4 Å². The van der Waals surface area contributed by atoms with Crippen molar-refractivity contribution >= 4 is 16.8 Å². The molecule has 0 saturated heterocycles. The Bertz CT molecular complexity index is 1070. The van der Waals surface area contributed by atoms with Crippen molar-refractivity contribution in [2.75, 3.05) is 20.8 Å². The summed E-state index contributed by atoms with van der Waals surface area (Å²) in [6, 6.07) is 10.8. The molecule has 0 fully saturated rings. The van der Waals surface area contributed by atoms with Crippen LogP contribution >= 0.6 is 0 Å². The Morgan fingerprint density at radius 2 is 1.72 bits per heavy atom. The number of aryl methyl sites for hydroxylation is 1. The molecule has 29 heavy (non-hydrogen) atoms. The molecule has 0 saturated carbocycles. The number of fused-ring (bicyclic) bond motifs is 1. The van der Waals surface area contributed by atoms with E-state index in [0.717, 1.165) is 6.42 Å². The SMILES string of the molecule is CCc1ccc(C(=O)N(CC)Cc2nc3cc(OC)c(OC)cc3c(=O)[nH]2)cc1. The molecule has 152 valence electrons. The van der Waals surface area contributed by atoms with E-state index in [9.17, 15) is 9.59 Å². The normalized spacial score (nSPS) is 10.8.